The molecule has 1 aliphatic carbocycles. The first-order valence-corrected chi connectivity index (χ1v) is 9.67. The van der Waals surface area contributed by atoms with Gasteiger partial charge in [-0.25, -0.2) is 8.78 Å². The second kappa shape index (κ2) is 7.10. The fourth-order valence-electron chi connectivity index (χ4n) is 4.53. The minimum absolute atomic E-state index is 0.148. The Kier molecular flexibility index (Phi) is 4.76. The Morgan fingerprint density at radius 2 is 1.96 bits per heavy atom. The Balaban J connectivity index is 2.01. The summed E-state index contributed by atoms with van der Waals surface area (Å²) in [7, 11) is 0. The Hall–Kier alpha value is -2.58. The Labute approximate surface area is 168 Å². The molecule has 0 saturated heterocycles. The van der Waals surface area contributed by atoms with E-state index in [1.165, 1.54) is 0 Å². The highest BCUT2D eigenvalue weighted by atomic mass is 35.5. The predicted octanol–water partition coefficient (Wildman–Crippen LogP) is 5.72. The molecular weight excluding hydrogens is 380 g/mol. The Morgan fingerprint density at radius 3 is 2.54 bits per heavy atom. The lowest BCUT2D eigenvalue weighted by atomic mass is 9.62. The lowest BCUT2D eigenvalue weighted by molar-refractivity contribution is 0.00415. The standard InChI is InChI=1S/C22H20ClF2N3/c1-14-27-20-10-9-18(23)11-19(20)22(16-3-2-4-16,28(14)13-21(24)25)17-7-5-15(12-26)6-8-17/h5-11,16,21,27H,1-4,13H2/t22-/m0/s1. The van der Waals surface area contributed by atoms with Gasteiger partial charge in [0.2, 0.25) is 0 Å². The van der Waals surface area contributed by atoms with Crippen LogP contribution in [0.25, 0.3) is 0 Å². The molecule has 2 aromatic rings. The molecule has 0 unspecified atom stereocenters. The average molecular weight is 400 g/mol. The van der Waals surface area contributed by atoms with Crippen molar-refractivity contribution in [2.24, 2.45) is 5.92 Å². The van der Waals surface area contributed by atoms with Crippen molar-refractivity contribution in [2.75, 3.05) is 11.9 Å². The number of fused-ring (bicyclic) bond motifs is 1. The predicted molar refractivity (Wildman–Crippen MR) is 106 cm³/mol. The highest BCUT2D eigenvalue weighted by Crippen LogP contribution is 2.56. The van der Waals surface area contributed by atoms with Crippen molar-refractivity contribution in [3.63, 3.8) is 0 Å². The molecule has 6 heteroatoms. The van der Waals surface area contributed by atoms with E-state index in [1.54, 1.807) is 23.1 Å². The van der Waals surface area contributed by atoms with Crippen LogP contribution in [0, 0.1) is 17.2 Å². The third-order valence-corrected chi connectivity index (χ3v) is 6.13. The van der Waals surface area contributed by atoms with Crippen LogP contribution >= 0.6 is 11.6 Å². The van der Waals surface area contributed by atoms with Gasteiger partial charge in [0.15, 0.2) is 0 Å². The molecule has 0 aromatic heterocycles. The van der Waals surface area contributed by atoms with Crippen molar-refractivity contribution in [1.29, 1.82) is 5.26 Å². The molecule has 1 saturated carbocycles. The van der Waals surface area contributed by atoms with Gasteiger partial charge in [-0.15, -0.1) is 0 Å². The molecule has 3 nitrogen and oxygen atoms in total. The van der Waals surface area contributed by atoms with Gasteiger partial charge in [-0.3, -0.25) is 0 Å². The number of benzene rings is 2. The first kappa shape index (κ1) is 18.8. The quantitative estimate of drug-likeness (QED) is 0.714. The first-order chi connectivity index (χ1) is 13.5. The zero-order chi connectivity index (χ0) is 19.9. The summed E-state index contributed by atoms with van der Waals surface area (Å²) in [5, 5.41) is 12.9. The van der Waals surface area contributed by atoms with Crippen LogP contribution in [0.1, 0.15) is 36.0 Å². The monoisotopic (exact) mass is 399 g/mol. The number of hydrogen-bond acceptors (Lipinski definition) is 3. The summed E-state index contributed by atoms with van der Waals surface area (Å²) in [5.74, 6) is 0.599. The van der Waals surface area contributed by atoms with Crippen molar-refractivity contribution in [1.82, 2.24) is 4.90 Å². The molecule has 1 fully saturated rings. The molecule has 0 radical (unpaired) electrons. The van der Waals surface area contributed by atoms with Gasteiger partial charge in [0, 0.05) is 16.3 Å². The zero-order valence-corrected chi connectivity index (χ0v) is 16.0. The van der Waals surface area contributed by atoms with E-state index < -0.39 is 18.5 Å². The van der Waals surface area contributed by atoms with E-state index in [4.69, 9.17) is 11.6 Å². The maximum Gasteiger partial charge on any atom is 0.255 e. The van der Waals surface area contributed by atoms with Gasteiger partial charge >= 0.3 is 0 Å². The van der Waals surface area contributed by atoms with Gasteiger partial charge in [0.1, 0.15) is 0 Å². The number of nitrogens with one attached hydrogen (secondary N) is 1. The molecule has 0 amide bonds. The molecule has 0 bridgehead atoms. The number of hydrogen-bond donors (Lipinski definition) is 1. The first-order valence-electron chi connectivity index (χ1n) is 9.29. The molecule has 4 rings (SSSR count). The molecule has 1 N–H and O–H groups in total. The second-order valence-corrected chi connectivity index (χ2v) is 7.78. The number of nitrogens with zero attached hydrogens (tertiary/aromatic N) is 2. The molecule has 1 heterocycles. The van der Waals surface area contributed by atoms with E-state index in [0.717, 1.165) is 36.1 Å². The van der Waals surface area contributed by atoms with E-state index in [2.05, 4.69) is 18.0 Å². The Morgan fingerprint density at radius 1 is 1.25 bits per heavy atom. The number of alkyl halides is 2. The number of halogens is 3. The topological polar surface area (TPSA) is 39.1 Å². The SMILES string of the molecule is C=C1Nc2ccc(Cl)cc2[C@@](c2ccc(C#N)cc2)(C2CCC2)N1CC(F)F. The van der Waals surface area contributed by atoms with E-state index in [1.807, 2.05) is 24.3 Å². The summed E-state index contributed by atoms with van der Waals surface area (Å²) in [6.07, 6.45) is 0.399. The summed E-state index contributed by atoms with van der Waals surface area (Å²) in [6.45, 7) is 3.63. The van der Waals surface area contributed by atoms with Crippen molar-refractivity contribution in [3.05, 3.63) is 76.6 Å². The van der Waals surface area contributed by atoms with Gasteiger partial charge in [-0.05, 0) is 54.7 Å². The molecule has 1 aliphatic heterocycles. The fraction of sp³-hybridized carbons (Fsp3) is 0.318. The molecule has 144 valence electrons. The minimum Gasteiger partial charge on any atom is -0.342 e. The fourth-order valence-corrected chi connectivity index (χ4v) is 4.70. The zero-order valence-electron chi connectivity index (χ0n) is 15.3. The van der Waals surface area contributed by atoms with E-state index in [9.17, 15) is 14.0 Å². The maximum absolute atomic E-state index is 13.6. The minimum atomic E-state index is -2.52. The lowest BCUT2D eigenvalue weighted by Gasteiger charge is -2.57. The van der Waals surface area contributed by atoms with Crippen LogP contribution in [0.3, 0.4) is 0 Å². The summed E-state index contributed by atoms with van der Waals surface area (Å²) in [6, 6.07) is 14.9. The molecule has 2 aliphatic rings. The molecule has 2 aromatic carbocycles. The van der Waals surface area contributed by atoms with E-state index in [0.29, 0.717) is 16.4 Å². The molecule has 28 heavy (non-hydrogen) atoms. The van der Waals surface area contributed by atoms with Gasteiger partial charge < -0.3 is 10.2 Å². The van der Waals surface area contributed by atoms with Crippen LogP contribution in [0.2, 0.25) is 5.02 Å². The van der Waals surface area contributed by atoms with Crippen molar-refractivity contribution in [2.45, 2.75) is 31.2 Å². The van der Waals surface area contributed by atoms with E-state index >= 15 is 0 Å². The normalized spacial score (nSPS) is 21.7. The van der Waals surface area contributed by atoms with Crippen LogP contribution < -0.4 is 5.32 Å². The maximum atomic E-state index is 13.6. The number of anilines is 1. The number of nitriles is 1. The van der Waals surface area contributed by atoms with Crippen LogP contribution in [-0.2, 0) is 5.54 Å². The van der Waals surface area contributed by atoms with Crippen LogP contribution in [-0.4, -0.2) is 17.9 Å². The summed E-state index contributed by atoms with van der Waals surface area (Å²) >= 11 is 6.33. The van der Waals surface area contributed by atoms with Crippen molar-refractivity contribution < 1.29 is 8.78 Å². The molecule has 0 spiro atoms. The van der Waals surface area contributed by atoms with Crippen LogP contribution in [0.4, 0.5) is 14.5 Å². The lowest BCUT2D eigenvalue weighted by Crippen LogP contribution is -2.58. The van der Waals surface area contributed by atoms with Crippen LogP contribution in [0.5, 0.6) is 0 Å². The molecular formula is C22H20ClF2N3. The third kappa shape index (κ3) is 2.84. The van der Waals surface area contributed by atoms with Crippen molar-refractivity contribution >= 4 is 17.3 Å². The average Bonchev–Trinajstić information content (AvgIpc) is 2.63. The van der Waals surface area contributed by atoms with Gasteiger partial charge in [0.25, 0.3) is 6.43 Å². The van der Waals surface area contributed by atoms with Gasteiger partial charge in [-0.2, -0.15) is 5.26 Å². The number of rotatable bonds is 4. The second-order valence-electron chi connectivity index (χ2n) is 7.35. The highest BCUT2D eigenvalue weighted by Gasteiger charge is 2.53. The van der Waals surface area contributed by atoms with Crippen LogP contribution in [0.15, 0.2) is 54.9 Å². The summed E-state index contributed by atoms with van der Waals surface area (Å²) in [5.41, 5.74) is 2.32. The largest absolute Gasteiger partial charge is 0.342 e. The summed E-state index contributed by atoms with van der Waals surface area (Å²) in [4.78, 5) is 1.70. The summed E-state index contributed by atoms with van der Waals surface area (Å²) < 4.78 is 27.3. The van der Waals surface area contributed by atoms with Crippen molar-refractivity contribution in [3.8, 4) is 6.07 Å². The van der Waals surface area contributed by atoms with Gasteiger partial charge in [-0.1, -0.05) is 36.7 Å². The highest BCUT2D eigenvalue weighted by molar-refractivity contribution is 6.30. The third-order valence-electron chi connectivity index (χ3n) is 5.89. The smallest absolute Gasteiger partial charge is 0.255 e. The molecule has 1 atom stereocenters. The van der Waals surface area contributed by atoms with Gasteiger partial charge in [0.05, 0.1) is 29.5 Å². The Bertz CT molecular complexity index is 947. The van der Waals surface area contributed by atoms with E-state index in [-0.39, 0.29) is 5.92 Å².